The molecule has 192 valence electrons. The molecule has 0 aliphatic carbocycles. The molecule has 37 heavy (non-hydrogen) atoms. The molecule has 0 saturated carbocycles. The molecule has 0 atom stereocenters. The number of anilines is 1. The van der Waals surface area contributed by atoms with E-state index in [1.165, 1.54) is 4.90 Å². The lowest BCUT2D eigenvalue weighted by molar-refractivity contribution is -0.136. The topological polar surface area (TPSA) is 78.8 Å². The Labute approximate surface area is 217 Å². The van der Waals surface area contributed by atoms with Crippen LogP contribution < -0.4 is 4.90 Å². The van der Waals surface area contributed by atoms with E-state index in [2.05, 4.69) is 10.00 Å². The Kier molecular flexibility index (Phi) is 6.82. The highest BCUT2D eigenvalue weighted by Crippen LogP contribution is 2.35. The lowest BCUT2D eigenvalue weighted by Gasteiger charge is -2.36. The number of aromatic nitrogens is 2. The zero-order valence-corrected chi connectivity index (χ0v) is 21.7. The summed E-state index contributed by atoms with van der Waals surface area (Å²) in [6, 6.07) is 15.6. The highest BCUT2D eigenvalue weighted by atomic mass is 16.2. The van der Waals surface area contributed by atoms with Gasteiger partial charge in [0.2, 0.25) is 5.91 Å². The van der Waals surface area contributed by atoms with Crippen molar-refractivity contribution < 1.29 is 14.4 Å². The zero-order valence-electron chi connectivity index (χ0n) is 21.7. The van der Waals surface area contributed by atoms with Crippen LogP contribution in [0.15, 0.2) is 54.7 Å². The maximum atomic E-state index is 13.5. The molecule has 1 fully saturated rings. The predicted octanol–water partition coefficient (Wildman–Crippen LogP) is 3.79. The Bertz CT molecular complexity index is 1320. The van der Waals surface area contributed by atoms with Crippen LogP contribution in [0.25, 0.3) is 0 Å². The first kappa shape index (κ1) is 24.7. The van der Waals surface area contributed by atoms with Crippen molar-refractivity contribution in [2.24, 2.45) is 13.0 Å². The van der Waals surface area contributed by atoms with Gasteiger partial charge in [-0.1, -0.05) is 36.4 Å². The summed E-state index contributed by atoms with van der Waals surface area (Å²) in [5, 5.41) is 4.33. The summed E-state index contributed by atoms with van der Waals surface area (Å²) in [5.74, 6) is -0.389. The van der Waals surface area contributed by atoms with E-state index in [1.54, 1.807) is 10.7 Å². The van der Waals surface area contributed by atoms with Gasteiger partial charge in [0.1, 0.15) is 0 Å². The summed E-state index contributed by atoms with van der Waals surface area (Å²) in [6.07, 6.45) is 3.28. The van der Waals surface area contributed by atoms with Crippen molar-refractivity contribution in [2.75, 3.05) is 24.5 Å². The quantitative estimate of drug-likeness (QED) is 0.462. The molecule has 3 aromatic rings. The van der Waals surface area contributed by atoms with Gasteiger partial charge in [-0.25, -0.2) is 0 Å². The Morgan fingerprint density at radius 2 is 1.76 bits per heavy atom. The second-order valence-corrected chi connectivity index (χ2v) is 9.91. The van der Waals surface area contributed by atoms with Crippen LogP contribution in [-0.2, 0) is 24.9 Å². The number of carbonyl (C=O) groups is 3. The summed E-state index contributed by atoms with van der Waals surface area (Å²) < 4.78 is 1.69. The van der Waals surface area contributed by atoms with Crippen LogP contribution in [-0.4, -0.2) is 56.9 Å². The molecular formula is C29H33N5O3. The van der Waals surface area contributed by atoms with Gasteiger partial charge in [-0.15, -0.1) is 0 Å². The van der Waals surface area contributed by atoms with Gasteiger partial charge in [0, 0.05) is 50.9 Å². The van der Waals surface area contributed by atoms with Crippen LogP contribution in [0.3, 0.4) is 0 Å². The van der Waals surface area contributed by atoms with Crippen LogP contribution in [0, 0.1) is 12.8 Å². The monoisotopic (exact) mass is 499 g/mol. The molecule has 8 nitrogen and oxygen atoms in total. The van der Waals surface area contributed by atoms with Gasteiger partial charge in [0.25, 0.3) is 11.8 Å². The fourth-order valence-corrected chi connectivity index (χ4v) is 5.47. The maximum Gasteiger partial charge on any atom is 0.263 e. The standard InChI is InChI=1S/C29H33N5O3/c1-4-32(17-21-9-6-5-7-10-21)27(35)22-13-15-33(16-14-22)25-12-8-11-24-26(25)29(37)34(28(24)36)19-23-18-31(3)30-20(23)2/h5-12,18,22H,4,13-17,19H2,1-3H3. The first-order valence-electron chi connectivity index (χ1n) is 12.9. The molecule has 0 N–H and O–H groups in total. The molecule has 1 saturated heterocycles. The van der Waals surface area contributed by atoms with Gasteiger partial charge in [0.15, 0.2) is 0 Å². The fraction of sp³-hybridized carbons (Fsp3) is 0.379. The van der Waals surface area contributed by atoms with Crippen LogP contribution in [0.2, 0.25) is 0 Å². The van der Waals surface area contributed by atoms with Gasteiger partial charge < -0.3 is 9.80 Å². The fourth-order valence-electron chi connectivity index (χ4n) is 5.47. The number of hydrogen-bond acceptors (Lipinski definition) is 5. The largest absolute Gasteiger partial charge is 0.371 e. The lowest BCUT2D eigenvalue weighted by Crippen LogP contribution is -2.42. The van der Waals surface area contributed by atoms with E-state index in [0.717, 1.165) is 22.5 Å². The molecule has 1 aromatic heterocycles. The van der Waals surface area contributed by atoms with E-state index in [0.29, 0.717) is 50.1 Å². The lowest BCUT2D eigenvalue weighted by atomic mass is 9.93. The minimum atomic E-state index is -0.269. The third-order valence-electron chi connectivity index (χ3n) is 7.52. The summed E-state index contributed by atoms with van der Waals surface area (Å²) in [7, 11) is 1.83. The van der Waals surface area contributed by atoms with Crippen LogP contribution in [0.1, 0.15) is 57.3 Å². The summed E-state index contributed by atoms with van der Waals surface area (Å²) >= 11 is 0. The number of rotatable bonds is 7. The summed E-state index contributed by atoms with van der Waals surface area (Å²) in [6.45, 7) is 6.72. The van der Waals surface area contributed by atoms with Crippen molar-refractivity contribution in [3.63, 3.8) is 0 Å². The number of benzene rings is 2. The molecule has 3 heterocycles. The first-order chi connectivity index (χ1) is 17.9. The number of carbonyl (C=O) groups excluding carboxylic acids is 3. The van der Waals surface area contributed by atoms with Gasteiger partial charge in [-0.2, -0.15) is 5.10 Å². The normalized spacial score (nSPS) is 15.9. The molecule has 2 aliphatic rings. The van der Waals surface area contributed by atoms with Crippen molar-refractivity contribution >= 4 is 23.4 Å². The zero-order chi connectivity index (χ0) is 26.1. The number of fused-ring (bicyclic) bond motifs is 1. The molecular weight excluding hydrogens is 466 g/mol. The minimum absolute atomic E-state index is 0.0425. The molecule has 0 spiro atoms. The van der Waals surface area contributed by atoms with Gasteiger partial charge >= 0.3 is 0 Å². The third-order valence-corrected chi connectivity index (χ3v) is 7.52. The highest BCUT2D eigenvalue weighted by Gasteiger charge is 2.39. The smallest absolute Gasteiger partial charge is 0.263 e. The number of aryl methyl sites for hydroxylation is 2. The molecule has 0 radical (unpaired) electrons. The third kappa shape index (κ3) is 4.75. The Hall–Kier alpha value is -3.94. The van der Waals surface area contributed by atoms with Crippen LogP contribution in [0.4, 0.5) is 5.69 Å². The van der Waals surface area contributed by atoms with Crippen LogP contribution >= 0.6 is 0 Å². The van der Waals surface area contributed by atoms with Crippen molar-refractivity contribution in [3.8, 4) is 0 Å². The van der Waals surface area contributed by atoms with E-state index in [-0.39, 0.29) is 30.2 Å². The average molecular weight is 500 g/mol. The molecule has 2 aromatic carbocycles. The predicted molar refractivity (Wildman–Crippen MR) is 141 cm³/mol. The summed E-state index contributed by atoms with van der Waals surface area (Å²) in [5.41, 5.74) is 4.49. The second-order valence-electron chi connectivity index (χ2n) is 9.91. The van der Waals surface area contributed by atoms with E-state index in [9.17, 15) is 14.4 Å². The number of hydrogen-bond donors (Lipinski definition) is 0. The first-order valence-corrected chi connectivity index (χ1v) is 12.9. The molecule has 3 amide bonds. The Morgan fingerprint density at radius 3 is 2.41 bits per heavy atom. The summed E-state index contributed by atoms with van der Waals surface area (Å²) in [4.78, 5) is 45.3. The van der Waals surface area contributed by atoms with E-state index in [1.807, 2.05) is 74.5 Å². The van der Waals surface area contributed by atoms with Crippen molar-refractivity contribution in [3.05, 3.63) is 82.7 Å². The molecule has 5 rings (SSSR count). The molecule has 8 heteroatoms. The van der Waals surface area contributed by atoms with Gasteiger partial charge in [-0.3, -0.25) is 24.0 Å². The van der Waals surface area contributed by atoms with Crippen molar-refractivity contribution in [1.82, 2.24) is 19.6 Å². The number of amides is 3. The van der Waals surface area contributed by atoms with E-state index < -0.39 is 0 Å². The maximum absolute atomic E-state index is 13.5. The minimum Gasteiger partial charge on any atom is -0.371 e. The number of nitrogens with zero attached hydrogens (tertiary/aromatic N) is 5. The Balaban J connectivity index is 1.28. The van der Waals surface area contributed by atoms with E-state index >= 15 is 0 Å². The molecule has 2 aliphatic heterocycles. The Morgan fingerprint density at radius 1 is 1.03 bits per heavy atom. The second kappa shape index (κ2) is 10.2. The van der Waals surface area contributed by atoms with Crippen molar-refractivity contribution in [2.45, 2.75) is 39.8 Å². The van der Waals surface area contributed by atoms with Crippen molar-refractivity contribution in [1.29, 1.82) is 0 Å². The molecule has 0 unspecified atom stereocenters. The van der Waals surface area contributed by atoms with E-state index in [4.69, 9.17) is 0 Å². The van der Waals surface area contributed by atoms with Gasteiger partial charge in [0.05, 0.1) is 29.1 Å². The SMILES string of the molecule is CCN(Cc1ccccc1)C(=O)C1CCN(c2cccc3c2C(=O)N(Cc2cn(C)nc2C)C3=O)CC1. The molecule has 0 bridgehead atoms. The number of piperidine rings is 1. The number of imide groups is 1. The highest BCUT2D eigenvalue weighted by molar-refractivity contribution is 6.23. The van der Waals surface area contributed by atoms with Gasteiger partial charge in [-0.05, 0) is 44.4 Å². The average Bonchev–Trinajstić information content (AvgIpc) is 3.37. The van der Waals surface area contributed by atoms with Crippen LogP contribution in [0.5, 0.6) is 0 Å².